The van der Waals surface area contributed by atoms with Crippen molar-refractivity contribution in [3.05, 3.63) is 5.82 Å². The molecule has 3 heterocycles. The highest BCUT2D eigenvalue weighted by Gasteiger charge is 2.22. The molecule has 2 aliphatic heterocycles. The van der Waals surface area contributed by atoms with Gasteiger partial charge in [-0.25, -0.2) is 4.98 Å². The highest BCUT2D eigenvalue weighted by atomic mass is 127. The van der Waals surface area contributed by atoms with E-state index < -0.39 is 0 Å². The Bertz CT molecular complexity index is 601. The minimum Gasteiger partial charge on any atom is -0.356 e. The molecule has 28 heavy (non-hydrogen) atoms. The van der Waals surface area contributed by atoms with Gasteiger partial charge in [0.2, 0.25) is 5.13 Å². The van der Waals surface area contributed by atoms with Crippen molar-refractivity contribution in [3.8, 4) is 0 Å². The quantitative estimate of drug-likeness (QED) is 0.269. The molecule has 0 bridgehead atoms. The van der Waals surface area contributed by atoms with Gasteiger partial charge in [-0.15, -0.1) is 24.0 Å². The maximum Gasteiger partial charge on any atom is 0.205 e. The van der Waals surface area contributed by atoms with Crippen LogP contribution < -0.4 is 10.2 Å². The number of aliphatic imine (C=N–C) groups is 1. The number of likely N-dealkylation sites (tertiary alicyclic amines) is 1. The van der Waals surface area contributed by atoms with E-state index >= 15 is 0 Å². The van der Waals surface area contributed by atoms with E-state index in [0.29, 0.717) is 0 Å². The van der Waals surface area contributed by atoms with Crippen molar-refractivity contribution in [2.24, 2.45) is 10.9 Å². The summed E-state index contributed by atoms with van der Waals surface area (Å²) < 4.78 is 4.41. The smallest absolute Gasteiger partial charge is 0.205 e. The molecule has 7 nitrogen and oxygen atoms in total. The van der Waals surface area contributed by atoms with Gasteiger partial charge >= 0.3 is 0 Å². The fourth-order valence-electron chi connectivity index (χ4n) is 3.95. The van der Waals surface area contributed by atoms with Gasteiger partial charge in [-0.2, -0.15) is 4.37 Å². The van der Waals surface area contributed by atoms with Crippen molar-refractivity contribution in [3.63, 3.8) is 0 Å². The summed E-state index contributed by atoms with van der Waals surface area (Å²) in [5.74, 6) is 2.85. The molecule has 0 amide bonds. The number of rotatable bonds is 6. The Kier molecular flexibility index (Phi) is 10.2. The van der Waals surface area contributed by atoms with Crippen molar-refractivity contribution < 1.29 is 0 Å². The SMILES string of the molecule is CCc1nsc(N2CCN(C(=NC)NCCCN3CCCC(C)C3)CC2)n1.I. The number of guanidine groups is 1. The van der Waals surface area contributed by atoms with Crippen LogP contribution in [-0.4, -0.2) is 84.5 Å². The highest BCUT2D eigenvalue weighted by Crippen LogP contribution is 2.19. The summed E-state index contributed by atoms with van der Waals surface area (Å²) in [5.41, 5.74) is 0. The number of halogens is 1. The average molecular weight is 522 g/mol. The fraction of sp³-hybridized carbons (Fsp3) is 0.842. The van der Waals surface area contributed by atoms with Crippen LogP contribution in [0.15, 0.2) is 4.99 Å². The summed E-state index contributed by atoms with van der Waals surface area (Å²) >= 11 is 1.52. The number of piperidine rings is 1. The van der Waals surface area contributed by atoms with Crippen molar-refractivity contribution in [1.82, 2.24) is 24.5 Å². The van der Waals surface area contributed by atoms with E-state index in [2.05, 4.69) is 48.2 Å². The maximum absolute atomic E-state index is 4.62. The summed E-state index contributed by atoms with van der Waals surface area (Å²) in [6.07, 6.45) is 4.83. The Morgan fingerprint density at radius 2 is 2.04 bits per heavy atom. The van der Waals surface area contributed by atoms with Gasteiger partial charge in [-0.3, -0.25) is 4.99 Å². The van der Waals surface area contributed by atoms with Crippen LogP contribution in [0.2, 0.25) is 0 Å². The number of anilines is 1. The molecule has 0 aliphatic carbocycles. The summed E-state index contributed by atoms with van der Waals surface area (Å²) in [6, 6.07) is 0. The van der Waals surface area contributed by atoms with Crippen molar-refractivity contribution in [2.45, 2.75) is 39.5 Å². The molecule has 3 rings (SSSR count). The zero-order valence-corrected chi connectivity index (χ0v) is 20.7. The lowest BCUT2D eigenvalue weighted by atomic mass is 10.0. The number of piperazine rings is 1. The molecule has 0 spiro atoms. The van der Waals surface area contributed by atoms with Crippen LogP contribution in [0.5, 0.6) is 0 Å². The van der Waals surface area contributed by atoms with Crippen molar-refractivity contribution in [1.29, 1.82) is 0 Å². The molecule has 2 fully saturated rings. The molecule has 1 atom stereocenters. The van der Waals surface area contributed by atoms with Gasteiger partial charge in [-0.1, -0.05) is 13.8 Å². The Hall–Kier alpha value is -0.680. The molecule has 0 radical (unpaired) electrons. The highest BCUT2D eigenvalue weighted by molar-refractivity contribution is 14.0. The number of aryl methyl sites for hydroxylation is 1. The van der Waals surface area contributed by atoms with E-state index in [1.54, 1.807) is 0 Å². The third-order valence-electron chi connectivity index (χ3n) is 5.51. The lowest BCUT2D eigenvalue weighted by Crippen LogP contribution is -2.52. The Morgan fingerprint density at radius 1 is 1.25 bits per heavy atom. The van der Waals surface area contributed by atoms with Crippen LogP contribution in [0.1, 0.15) is 38.9 Å². The maximum atomic E-state index is 4.62. The van der Waals surface area contributed by atoms with Gasteiger partial charge in [0.15, 0.2) is 5.96 Å². The number of nitrogens with zero attached hydrogens (tertiary/aromatic N) is 6. The molecule has 0 aromatic carbocycles. The zero-order chi connectivity index (χ0) is 19.1. The van der Waals surface area contributed by atoms with Crippen LogP contribution >= 0.6 is 35.5 Å². The lowest BCUT2D eigenvalue weighted by Gasteiger charge is -2.36. The number of hydrogen-bond acceptors (Lipinski definition) is 6. The summed E-state index contributed by atoms with van der Waals surface area (Å²) in [6.45, 7) is 13.1. The van der Waals surface area contributed by atoms with Crippen LogP contribution in [-0.2, 0) is 6.42 Å². The monoisotopic (exact) mass is 521 g/mol. The number of hydrogen-bond donors (Lipinski definition) is 1. The summed E-state index contributed by atoms with van der Waals surface area (Å²) in [5, 5.41) is 4.62. The predicted molar refractivity (Wildman–Crippen MR) is 129 cm³/mol. The molecule has 0 saturated carbocycles. The van der Waals surface area contributed by atoms with E-state index in [9.17, 15) is 0 Å². The first-order chi connectivity index (χ1) is 13.2. The Labute approximate surface area is 191 Å². The van der Waals surface area contributed by atoms with Gasteiger partial charge in [0.05, 0.1) is 0 Å². The molecule has 1 aromatic heterocycles. The Morgan fingerprint density at radius 3 is 2.68 bits per heavy atom. The van der Waals surface area contributed by atoms with Crippen LogP contribution in [0.25, 0.3) is 0 Å². The van der Waals surface area contributed by atoms with Gasteiger partial charge in [0.25, 0.3) is 0 Å². The summed E-state index contributed by atoms with van der Waals surface area (Å²) in [4.78, 5) is 16.4. The van der Waals surface area contributed by atoms with E-state index in [-0.39, 0.29) is 24.0 Å². The molecular weight excluding hydrogens is 485 g/mol. The number of nitrogens with one attached hydrogen (secondary N) is 1. The minimum atomic E-state index is 0. The second-order valence-corrected chi connectivity index (χ2v) is 8.43. The lowest BCUT2D eigenvalue weighted by molar-refractivity contribution is 0.182. The first-order valence-corrected chi connectivity index (χ1v) is 11.2. The van der Waals surface area contributed by atoms with E-state index in [1.165, 1.54) is 50.4 Å². The average Bonchev–Trinajstić information content (AvgIpc) is 3.18. The standard InChI is InChI=1S/C19H35N7S.HI/c1-4-17-22-19(27-23-17)26-13-11-25(12-14-26)18(20-3)21-8-6-10-24-9-5-7-16(2)15-24;/h16H,4-15H2,1-3H3,(H,20,21);1H. The molecule has 2 aliphatic rings. The molecule has 1 unspecified atom stereocenters. The van der Waals surface area contributed by atoms with Crippen molar-refractivity contribution >= 4 is 46.6 Å². The Balaban J connectivity index is 0.00000280. The van der Waals surface area contributed by atoms with Crippen LogP contribution in [0, 0.1) is 5.92 Å². The molecule has 160 valence electrons. The number of aromatic nitrogens is 2. The molecule has 1 aromatic rings. The van der Waals surface area contributed by atoms with Gasteiger partial charge in [-0.05, 0) is 38.3 Å². The zero-order valence-electron chi connectivity index (χ0n) is 17.6. The van der Waals surface area contributed by atoms with Gasteiger partial charge in [0, 0.05) is 64.3 Å². The topological polar surface area (TPSA) is 59.9 Å². The molecule has 2 saturated heterocycles. The largest absolute Gasteiger partial charge is 0.356 e. The normalized spacial score (nSPS) is 21.5. The minimum absolute atomic E-state index is 0. The third-order valence-corrected chi connectivity index (χ3v) is 6.33. The fourth-order valence-corrected chi connectivity index (χ4v) is 4.75. The summed E-state index contributed by atoms with van der Waals surface area (Å²) in [7, 11) is 1.89. The van der Waals surface area contributed by atoms with Crippen molar-refractivity contribution in [2.75, 3.05) is 64.3 Å². The molecule has 1 N–H and O–H groups in total. The first kappa shape index (κ1) is 23.6. The predicted octanol–water partition coefficient (Wildman–Crippen LogP) is 2.54. The molecule has 9 heteroatoms. The van der Waals surface area contributed by atoms with E-state index in [1.807, 2.05) is 7.05 Å². The van der Waals surface area contributed by atoms with E-state index in [0.717, 1.165) is 62.0 Å². The van der Waals surface area contributed by atoms with Gasteiger partial charge in [0.1, 0.15) is 5.82 Å². The third kappa shape index (κ3) is 6.69. The second kappa shape index (κ2) is 12.1. The first-order valence-electron chi connectivity index (χ1n) is 10.4. The van der Waals surface area contributed by atoms with Crippen LogP contribution in [0.3, 0.4) is 0 Å². The van der Waals surface area contributed by atoms with Gasteiger partial charge < -0.3 is 20.0 Å². The van der Waals surface area contributed by atoms with Crippen LogP contribution in [0.4, 0.5) is 5.13 Å². The molecular formula is C19H36IN7S. The second-order valence-electron chi connectivity index (χ2n) is 7.70. The van der Waals surface area contributed by atoms with E-state index in [4.69, 9.17) is 0 Å².